The third-order valence-corrected chi connectivity index (χ3v) is 4.99. The van der Waals surface area contributed by atoms with Crippen molar-refractivity contribution in [1.82, 2.24) is 15.1 Å². The molecule has 0 aromatic carbocycles. The van der Waals surface area contributed by atoms with Crippen molar-refractivity contribution in [2.24, 2.45) is 13.0 Å². The van der Waals surface area contributed by atoms with Crippen molar-refractivity contribution >= 4 is 0 Å². The Morgan fingerprint density at radius 2 is 2.40 bits per heavy atom. The number of hydrogen-bond donors (Lipinski definition) is 1. The second-order valence-corrected chi connectivity index (χ2v) is 6.30. The van der Waals surface area contributed by atoms with Crippen molar-refractivity contribution in [3.05, 3.63) is 18.0 Å². The van der Waals surface area contributed by atoms with Gasteiger partial charge in [-0.3, -0.25) is 4.68 Å². The number of nitrogens with one attached hydrogen (secondary N) is 1. The van der Waals surface area contributed by atoms with Crippen LogP contribution in [-0.2, 0) is 18.2 Å². The molecular weight excluding hydrogens is 250 g/mol. The molecule has 1 aliphatic carbocycles. The predicted molar refractivity (Wildman–Crippen MR) is 81.7 cm³/mol. The minimum Gasteiger partial charge on any atom is -0.377 e. The van der Waals surface area contributed by atoms with Crippen molar-refractivity contribution in [2.75, 3.05) is 14.2 Å². The lowest BCUT2D eigenvalue weighted by Crippen LogP contribution is -2.53. The summed E-state index contributed by atoms with van der Waals surface area (Å²) >= 11 is 0. The molecule has 1 saturated carbocycles. The van der Waals surface area contributed by atoms with E-state index in [0.29, 0.717) is 6.04 Å². The first-order valence-electron chi connectivity index (χ1n) is 7.80. The Labute approximate surface area is 122 Å². The average molecular weight is 279 g/mol. The third kappa shape index (κ3) is 3.23. The van der Waals surface area contributed by atoms with Gasteiger partial charge in [0.15, 0.2) is 0 Å². The van der Waals surface area contributed by atoms with Gasteiger partial charge in [-0.25, -0.2) is 0 Å². The van der Waals surface area contributed by atoms with Gasteiger partial charge in [0.2, 0.25) is 0 Å². The molecule has 1 aliphatic rings. The van der Waals surface area contributed by atoms with E-state index in [-0.39, 0.29) is 5.60 Å². The molecule has 0 saturated heterocycles. The van der Waals surface area contributed by atoms with Crippen LogP contribution < -0.4 is 5.32 Å². The van der Waals surface area contributed by atoms with E-state index in [2.05, 4.69) is 30.5 Å². The van der Waals surface area contributed by atoms with Crippen LogP contribution in [0, 0.1) is 5.92 Å². The van der Waals surface area contributed by atoms with Gasteiger partial charge in [-0.1, -0.05) is 19.8 Å². The molecule has 20 heavy (non-hydrogen) atoms. The highest BCUT2D eigenvalue weighted by atomic mass is 16.5. The second-order valence-electron chi connectivity index (χ2n) is 6.30. The molecule has 3 unspecified atom stereocenters. The normalized spacial score (nSPS) is 28.5. The van der Waals surface area contributed by atoms with E-state index in [9.17, 15) is 0 Å². The Morgan fingerprint density at radius 3 is 2.95 bits per heavy atom. The fourth-order valence-electron chi connectivity index (χ4n) is 3.80. The molecular formula is C16H29N3O. The first kappa shape index (κ1) is 15.5. The average Bonchev–Trinajstić information content (AvgIpc) is 2.85. The number of nitrogens with zero attached hydrogens (tertiary/aromatic N) is 2. The molecule has 4 nitrogen and oxygen atoms in total. The van der Waals surface area contributed by atoms with Crippen LogP contribution in [0.1, 0.15) is 44.7 Å². The Kier molecular flexibility index (Phi) is 5.22. The number of likely N-dealkylation sites (N-methyl/N-ethyl adjacent to an activating group) is 1. The fourth-order valence-corrected chi connectivity index (χ4v) is 3.80. The van der Waals surface area contributed by atoms with Crippen LogP contribution in [0.4, 0.5) is 0 Å². The number of aromatic nitrogens is 2. The maximum Gasteiger partial charge on any atom is 0.0833 e. The molecule has 1 N–H and O–H groups in total. The Balaban J connectivity index is 2.03. The lowest BCUT2D eigenvalue weighted by atomic mass is 9.73. The summed E-state index contributed by atoms with van der Waals surface area (Å²) in [6.07, 6.45) is 8.96. The van der Waals surface area contributed by atoms with E-state index < -0.39 is 0 Å². The van der Waals surface area contributed by atoms with Gasteiger partial charge in [-0.15, -0.1) is 0 Å². The van der Waals surface area contributed by atoms with Gasteiger partial charge in [-0.05, 0) is 44.7 Å². The summed E-state index contributed by atoms with van der Waals surface area (Å²) in [4.78, 5) is 0. The van der Waals surface area contributed by atoms with Crippen molar-refractivity contribution < 1.29 is 4.74 Å². The van der Waals surface area contributed by atoms with Crippen molar-refractivity contribution in [3.63, 3.8) is 0 Å². The monoisotopic (exact) mass is 279 g/mol. The molecule has 0 amide bonds. The number of ether oxygens (including phenoxy) is 1. The summed E-state index contributed by atoms with van der Waals surface area (Å²) in [5, 5.41) is 7.76. The van der Waals surface area contributed by atoms with Gasteiger partial charge in [-0.2, -0.15) is 5.10 Å². The zero-order valence-corrected chi connectivity index (χ0v) is 13.4. The second kappa shape index (κ2) is 6.72. The van der Waals surface area contributed by atoms with Crippen LogP contribution in [0.5, 0.6) is 0 Å². The first-order chi connectivity index (χ1) is 9.61. The minimum atomic E-state index is 0.00497. The molecule has 1 aromatic rings. The van der Waals surface area contributed by atoms with E-state index in [1.165, 1.54) is 31.4 Å². The van der Waals surface area contributed by atoms with E-state index >= 15 is 0 Å². The van der Waals surface area contributed by atoms with Crippen molar-refractivity contribution in [1.29, 1.82) is 0 Å². The SMILES string of the molecule is CNC(CCc1ccnn1C)C1(OC)CCCC(C)C1. The first-order valence-corrected chi connectivity index (χ1v) is 7.80. The maximum atomic E-state index is 6.02. The zero-order valence-electron chi connectivity index (χ0n) is 13.4. The molecule has 0 aliphatic heterocycles. The summed E-state index contributed by atoms with van der Waals surface area (Å²) in [6.45, 7) is 2.35. The summed E-state index contributed by atoms with van der Waals surface area (Å²) in [6, 6.07) is 2.51. The number of aryl methyl sites for hydroxylation is 2. The standard InChI is InChI=1S/C16H29N3O/c1-13-6-5-10-16(12-13,20-4)15(17-2)8-7-14-9-11-18-19(14)3/h9,11,13,15,17H,5-8,10,12H2,1-4H3. The molecule has 1 heterocycles. The summed E-state index contributed by atoms with van der Waals surface area (Å²) in [7, 11) is 5.96. The molecule has 114 valence electrons. The molecule has 3 atom stereocenters. The molecule has 1 fully saturated rings. The molecule has 0 radical (unpaired) electrons. The fraction of sp³-hybridized carbons (Fsp3) is 0.812. The minimum absolute atomic E-state index is 0.00497. The highest BCUT2D eigenvalue weighted by Crippen LogP contribution is 2.38. The number of rotatable bonds is 6. The van der Waals surface area contributed by atoms with E-state index in [4.69, 9.17) is 4.74 Å². The van der Waals surface area contributed by atoms with Crippen molar-refractivity contribution in [2.45, 2.75) is 57.1 Å². The largest absolute Gasteiger partial charge is 0.377 e. The molecule has 0 spiro atoms. The highest BCUT2D eigenvalue weighted by Gasteiger charge is 2.41. The van der Waals surface area contributed by atoms with E-state index in [1.54, 1.807) is 0 Å². The summed E-state index contributed by atoms with van der Waals surface area (Å²) < 4.78 is 7.99. The predicted octanol–water partition coefficient (Wildman–Crippen LogP) is 2.54. The van der Waals surface area contributed by atoms with Gasteiger partial charge in [0.05, 0.1) is 5.60 Å². The van der Waals surface area contributed by atoms with E-state index in [1.807, 2.05) is 25.0 Å². The molecule has 4 heteroatoms. The quantitative estimate of drug-likeness (QED) is 0.870. The summed E-state index contributed by atoms with van der Waals surface area (Å²) in [5.41, 5.74) is 1.30. The smallest absolute Gasteiger partial charge is 0.0833 e. The maximum absolute atomic E-state index is 6.02. The third-order valence-electron chi connectivity index (χ3n) is 4.99. The van der Waals surface area contributed by atoms with Crippen LogP contribution >= 0.6 is 0 Å². The Bertz CT molecular complexity index is 418. The number of hydrogen-bond acceptors (Lipinski definition) is 3. The van der Waals surface area contributed by atoms with Crippen LogP contribution in [-0.4, -0.2) is 35.6 Å². The van der Waals surface area contributed by atoms with Gasteiger partial charge in [0.25, 0.3) is 0 Å². The lowest BCUT2D eigenvalue weighted by molar-refractivity contribution is -0.0793. The Hall–Kier alpha value is -0.870. The highest BCUT2D eigenvalue weighted by molar-refractivity contribution is 5.03. The molecule has 0 bridgehead atoms. The van der Waals surface area contributed by atoms with Gasteiger partial charge in [0, 0.05) is 32.1 Å². The topological polar surface area (TPSA) is 39.1 Å². The van der Waals surface area contributed by atoms with Gasteiger partial charge in [0.1, 0.15) is 0 Å². The van der Waals surface area contributed by atoms with Crippen LogP contribution in [0.25, 0.3) is 0 Å². The van der Waals surface area contributed by atoms with E-state index in [0.717, 1.165) is 18.8 Å². The molecule has 1 aromatic heterocycles. The van der Waals surface area contributed by atoms with Crippen LogP contribution in [0.15, 0.2) is 12.3 Å². The molecule has 2 rings (SSSR count). The van der Waals surface area contributed by atoms with Gasteiger partial charge >= 0.3 is 0 Å². The van der Waals surface area contributed by atoms with Crippen LogP contribution in [0.2, 0.25) is 0 Å². The zero-order chi connectivity index (χ0) is 14.6. The number of methoxy groups -OCH3 is 1. The Morgan fingerprint density at radius 1 is 1.60 bits per heavy atom. The summed E-state index contributed by atoms with van der Waals surface area (Å²) in [5.74, 6) is 0.760. The van der Waals surface area contributed by atoms with Gasteiger partial charge < -0.3 is 10.1 Å². The van der Waals surface area contributed by atoms with Crippen molar-refractivity contribution in [3.8, 4) is 0 Å². The van der Waals surface area contributed by atoms with Crippen LogP contribution in [0.3, 0.4) is 0 Å². The lowest BCUT2D eigenvalue weighted by Gasteiger charge is -2.44.